The molecule has 0 saturated carbocycles. The van der Waals surface area contributed by atoms with Gasteiger partial charge in [0.15, 0.2) is 19.3 Å². The van der Waals surface area contributed by atoms with Crippen LogP contribution in [0.25, 0.3) is 0 Å². The molecule has 0 aliphatic carbocycles. The fourth-order valence-electron chi connectivity index (χ4n) is 3.45. The van der Waals surface area contributed by atoms with Gasteiger partial charge in [0.2, 0.25) is 5.78 Å². The van der Waals surface area contributed by atoms with E-state index in [0.717, 1.165) is 6.42 Å². The van der Waals surface area contributed by atoms with E-state index in [-0.39, 0.29) is 30.8 Å². The molecule has 2 aliphatic heterocycles. The first-order valence-electron chi connectivity index (χ1n) is 9.81. The van der Waals surface area contributed by atoms with Gasteiger partial charge in [-0.2, -0.15) is 0 Å². The van der Waals surface area contributed by atoms with Gasteiger partial charge in [-0.25, -0.2) is 0 Å². The van der Waals surface area contributed by atoms with Gasteiger partial charge in [-0.15, -0.1) is 0 Å². The van der Waals surface area contributed by atoms with Crippen LogP contribution < -0.4 is 24.4 Å². The monoisotopic (exact) mass is 410 g/mol. The summed E-state index contributed by atoms with van der Waals surface area (Å²) in [5, 5.41) is 2.71. The third-order valence-corrected chi connectivity index (χ3v) is 4.90. The second-order valence-electron chi connectivity index (χ2n) is 7.14. The standard InChI is InChI=1S/C22H22N2O6/c1-3-8-24-17-9-14(4-6-19(17)29-12-21(24)26)22(27)13(2)30-15-5-7-18-16(10-15)23-20(25)11-28-18/h4-7,9-10,13H,3,8,11-12H2,1-2H3,(H,23,25). The van der Waals surface area contributed by atoms with E-state index in [4.69, 9.17) is 14.2 Å². The van der Waals surface area contributed by atoms with Crippen LogP contribution in [0.3, 0.4) is 0 Å². The Morgan fingerprint density at radius 3 is 2.70 bits per heavy atom. The first-order chi connectivity index (χ1) is 14.5. The SMILES string of the molecule is CCCN1C(=O)COc2ccc(C(=O)C(C)Oc3ccc4c(c3)NC(=O)CO4)cc21. The van der Waals surface area contributed by atoms with Crippen molar-refractivity contribution in [1.29, 1.82) is 0 Å². The lowest BCUT2D eigenvalue weighted by Crippen LogP contribution is -2.39. The Balaban J connectivity index is 1.53. The van der Waals surface area contributed by atoms with Crippen molar-refractivity contribution in [2.24, 2.45) is 0 Å². The topological polar surface area (TPSA) is 94.2 Å². The van der Waals surface area contributed by atoms with Crippen LogP contribution >= 0.6 is 0 Å². The summed E-state index contributed by atoms with van der Waals surface area (Å²) in [4.78, 5) is 38.3. The quantitative estimate of drug-likeness (QED) is 0.736. The molecule has 30 heavy (non-hydrogen) atoms. The minimum absolute atomic E-state index is 0.00160. The molecular formula is C22H22N2O6. The highest BCUT2D eigenvalue weighted by Crippen LogP contribution is 2.34. The molecule has 2 aromatic carbocycles. The fourth-order valence-corrected chi connectivity index (χ4v) is 3.45. The number of anilines is 2. The van der Waals surface area contributed by atoms with Crippen LogP contribution in [0.5, 0.6) is 17.2 Å². The number of carbonyl (C=O) groups is 3. The number of amides is 2. The first kappa shape index (κ1) is 19.8. The van der Waals surface area contributed by atoms with Crippen molar-refractivity contribution in [1.82, 2.24) is 0 Å². The highest BCUT2D eigenvalue weighted by Gasteiger charge is 2.27. The predicted octanol–water partition coefficient (Wildman–Crippen LogP) is 2.80. The molecule has 2 aliphatic rings. The summed E-state index contributed by atoms with van der Waals surface area (Å²) in [6, 6.07) is 10.0. The third-order valence-electron chi connectivity index (χ3n) is 4.90. The second-order valence-corrected chi connectivity index (χ2v) is 7.14. The van der Waals surface area contributed by atoms with Crippen molar-refractivity contribution in [2.45, 2.75) is 26.4 Å². The number of rotatable bonds is 6. The molecule has 0 fully saturated rings. The van der Waals surface area contributed by atoms with E-state index in [1.165, 1.54) is 0 Å². The maximum atomic E-state index is 13.0. The second kappa shape index (κ2) is 8.06. The maximum absolute atomic E-state index is 13.0. The highest BCUT2D eigenvalue weighted by atomic mass is 16.5. The Bertz CT molecular complexity index is 1020. The van der Waals surface area contributed by atoms with Crippen LogP contribution in [0.4, 0.5) is 11.4 Å². The van der Waals surface area contributed by atoms with Crippen molar-refractivity contribution in [3.05, 3.63) is 42.0 Å². The number of hydrogen-bond donors (Lipinski definition) is 1. The highest BCUT2D eigenvalue weighted by molar-refractivity contribution is 6.03. The summed E-state index contributed by atoms with van der Waals surface area (Å²) in [6.45, 7) is 4.17. The van der Waals surface area contributed by atoms with Gasteiger partial charge in [-0.1, -0.05) is 6.92 Å². The number of ketones is 1. The van der Waals surface area contributed by atoms with Crippen LogP contribution in [0.1, 0.15) is 30.6 Å². The normalized spacial score (nSPS) is 15.9. The van der Waals surface area contributed by atoms with Crippen LogP contribution in [-0.4, -0.2) is 43.5 Å². The van der Waals surface area contributed by atoms with Gasteiger partial charge in [-0.05, 0) is 43.7 Å². The van der Waals surface area contributed by atoms with E-state index >= 15 is 0 Å². The summed E-state index contributed by atoms with van der Waals surface area (Å²) in [5.74, 6) is 0.965. The van der Waals surface area contributed by atoms with Gasteiger partial charge in [0.1, 0.15) is 17.2 Å². The lowest BCUT2D eigenvalue weighted by atomic mass is 10.0. The Hall–Kier alpha value is -3.55. The van der Waals surface area contributed by atoms with E-state index in [2.05, 4.69) is 5.32 Å². The molecular weight excluding hydrogens is 388 g/mol. The number of carbonyl (C=O) groups excluding carboxylic acids is 3. The van der Waals surface area contributed by atoms with Gasteiger partial charge in [-0.3, -0.25) is 14.4 Å². The smallest absolute Gasteiger partial charge is 0.265 e. The number of nitrogens with one attached hydrogen (secondary N) is 1. The van der Waals surface area contributed by atoms with E-state index in [9.17, 15) is 14.4 Å². The molecule has 2 amide bonds. The molecule has 0 spiro atoms. The molecule has 0 aromatic heterocycles. The van der Waals surface area contributed by atoms with Gasteiger partial charge in [0.25, 0.3) is 11.8 Å². The lowest BCUT2D eigenvalue weighted by Gasteiger charge is -2.29. The molecule has 2 heterocycles. The van der Waals surface area contributed by atoms with Crippen LogP contribution in [-0.2, 0) is 9.59 Å². The Morgan fingerprint density at radius 1 is 1.13 bits per heavy atom. The average Bonchev–Trinajstić information content (AvgIpc) is 2.74. The van der Waals surface area contributed by atoms with E-state index in [1.54, 1.807) is 48.2 Å². The molecule has 0 saturated heterocycles. The van der Waals surface area contributed by atoms with E-state index in [0.29, 0.717) is 40.7 Å². The summed E-state index contributed by atoms with van der Waals surface area (Å²) in [5.41, 5.74) is 1.53. The summed E-state index contributed by atoms with van der Waals surface area (Å²) in [7, 11) is 0. The Kier molecular flexibility index (Phi) is 5.31. The third kappa shape index (κ3) is 3.80. The molecule has 8 heteroatoms. The predicted molar refractivity (Wildman–Crippen MR) is 110 cm³/mol. The van der Waals surface area contributed by atoms with Crippen LogP contribution in [0, 0.1) is 0 Å². The van der Waals surface area contributed by atoms with Crippen molar-refractivity contribution in [2.75, 3.05) is 30.0 Å². The van der Waals surface area contributed by atoms with Crippen LogP contribution in [0.2, 0.25) is 0 Å². The molecule has 156 valence electrons. The molecule has 0 bridgehead atoms. The molecule has 2 aromatic rings. The van der Waals surface area contributed by atoms with Gasteiger partial charge < -0.3 is 24.4 Å². The largest absolute Gasteiger partial charge is 0.482 e. The number of fused-ring (bicyclic) bond motifs is 2. The van der Waals surface area contributed by atoms with E-state index in [1.807, 2.05) is 6.92 Å². The van der Waals surface area contributed by atoms with E-state index < -0.39 is 6.10 Å². The summed E-state index contributed by atoms with van der Waals surface area (Å²) >= 11 is 0. The fraction of sp³-hybridized carbons (Fsp3) is 0.318. The first-order valence-corrected chi connectivity index (χ1v) is 9.81. The zero-order valence-corrected chi connectivity index (χ0v) is 16.8. The molecule has 0 radical (unpaired) electrons. The van der Waals surface area contributed by atoms with Crippen molar-refractivity contribution in [3.63, 3.8) is 0 Å². The molecule has 1 N–H and O–H groups in total. The van der Waals surface area contributed by atoms with Crippen molar-refractivity contribution >= 4 is 29.0 Å². The van der Waals surface area contributed by atoms with Gasteiger partial charge in [0.05, 0.1) is 11.4 Å². The number of hydrogen-bond acceptors (Lipinski definition) is 6. The average molecular weight is 410 g/mol. The zero-order chi connectivity index (χ0) is 21.3. The minimum Gasteiger partial charge on any atom is -0.482 e. The number of ether oxygens (including phenoxy) is 3. The maximum Gasteiger partial charge on any atom is 0.265 e. The van der Waals surface area contributed by atoms with Crippen molar-refractivity contribution in [3.8, 4) is 17.2 Å². The zero-order valence-electron chi connectivity index (χ0n) is 16.8. The number of nitrogens with zero attached hydrogens (tertiary/aromatic N) is 1. The Morgan fingerprint density at radius 2 is 1.90 bits per heavy atom. The molecule has 8 nitrogen and oxygen atoms in total. The van der Waals surface area contributed by atoms with Gasteiger partial charge in [0, 0.05) is 18.2 Å². The van der Waals surface area contributed by atoms with Crippen molar-refractivity contribution < 1.29 is 28.6 Å². The number of benzene rings is 2. The van der Waals surface area contributed by atoms with Gasteiger partial charge >= 0.3 is 0 Å². The lowest BCUT2D eigenvalue weighted by molar-refractivity contribution is -0.121. The van der Waals surface area contributed by atoms with Crippen LogP contribution in [0.15, 0.2) is 36.4 Å². The molecule has 1 atom stereocenters. The summed E-state index contributed by atoms with van der Waals surface area (Å²) < 4.78 is 16.6. The summed E-state index contributed by atoms with van der Waals surface area (Å²) in [6.07, 6.45) is 0.0164. The number of Topliss-reactive ketones (excluding diaryl/α,β-unsaturated/α-hetero) is 1. The molecule has 4 rings (SSSR count). The molecule has 1 unspecified atom stereocenters. The Labute approximate surface area is 173 Å². The minimum atomic E-state index is -0.777.